The van der Waals surface area contributed by atoms with Crippen molar-refractivity contribution in [2.24, 2.45) is 0 Å². The van der Waals surface area contributed by atoms with Crippen molar-refractivity contribution in [1.29, 1.82) is 0 Å². The Labute approximate surface area is 179 Å². The van der Waals surface area contributed by atoms with Gasteiger partial charge in [-0.25, -0.2) is 0 Å². The fourth-order valence-corrected chi connectivity index (χ4v) is 3.20. The molecule has 2 rings (SSSR count). The van der Waals surface area contributed by atoms with Crippen LogP contribution in [0.4, 0.5) is 0 Å². The molecule has 2 aromatic rings. The second-order valence-electron chi connectivity index (χ2n) is 7.06. The fraction of sp³-hybridized carbons (Fsp3) is 0.429. The maximum absolute atomic E-state index is 9.54. The summed E-state index contributed by atoms with van der Waals surface area (Å²) >= 11 is 9.12. The minimum absolute atomic E-state index is 0.0477. The topological polar surface area (TPSA) is 79.2 Å². The van der Waals surface area contributed by atoms with Gasteiger partial charge in [-0.1, -0.05) is 32.0 Å². The molecule has 0 unspecified atom stereocenters. The number of hydrogen-bond donors (Lipinski definition) is 3. The van der Waals surface area contributed by atoms with Gasteiger partial charge >= 0.3 is 0 Å². The van der Waals surface area contributed by atoms with Gasteiger partial charge < -0.3 is 24.8 Å². The van der Waals surface area contributed by atoms with Gasteiger partial charge in [0.25, 0.3) is 0 Å². The fourth-order valence-electron chi connectivity index (χ4n) is 2.62. The summed E-state index contributed by atoms with van der Waals surface area (Å²) in [5, 5.41) is 27.8. The molecule has 0 fully saturated rings. The van der Waals surface area contributed by atoms with E-state index in [9.17, 15) is 10.2 Å². The van der Waals surface area contributed by atoms with Crippen molar-refractivity contribution in [1.82, 2.24) is 0 Å². The summed E-state index contributed by atoms with van der Waals surface area (Å²) in [6.07, 6.45) is -1.59. The number of rotatable bonds is 10. The van der Waals surface area contributed by atoms with Gasteiger partial charge in [-0.15, -0.1) is 11.6 Å². The Balaban J connectivity index is 2.11. The molecule has 5 nitrogen and oxygen atoms in total. The molecule has 154 valence electrons. The number of halogens is 2. The standard InChI is InChI=1S/C21H26BrClO5/c1-21(2,14-3-6-18(7-4-14)27-13-17(26)11-24)15-5-8-20(19(22)9-15)28-12-16(25)10-23/h3-9,16-17,24-26H,10-13H2,1-2H3/t16-,17+/m0/s1. The first-order valence-corrected chi connectivity index (χ1v) is 10.3. The van der Waals surface area contributed by atoms with E-state index in [0.717, 1.165) is 15.6 Å². The molecule has 0 spiro atoms. The number of ether oxygens (including phenoxy) is 2. The Morgan fingerprint density at radius 2 is 1.57 bits per heavy atom. The van der Waals surface area contributed by atoms with Crippen molar-refractivity contribution in [2.45, 2.75) is 31.5 Å². The third-order valence-corrected chi connectivity index (χ3v) is 5.47. The van der Waals surface area contributed by atoms with E-state index in [1.807, 2.05) is 42.5 Å². The summed E-state index contributed by atoms with van der Waals surface area (Å²) in [5.41, 5.74) is 1.93. The largest absolute Gasteiger partial charge is 0.491 e. The van der Waals surface area contributed by atoms with Crippen LogP contribution in [-0.4, -0.2) is 53.2 Å². The summed E-state index contributed by atoms with van der Waals surface area (Å²) in [4.78, 5) is 0. The molecule has 0 heterocycles. The average molecular weight is 474 g/mol. The number of hydrogen-bond acceptors (Lipinski definition) is 5. The lowest BCUT2D eigenvalue weighted by atomic mass is 9.78. The lowest BCUT2D eigenvalue weighted by Crippen LogP contribution is -2.21. The van der Waals surface area contributed by atoms with Crippen molar-refractivity contribution < 1.29 is 24.8 Å². The smallest absolute Gasteiger partial charge is 0.133 e. The zero-order valence-corrected chi connectivity index (χ0v) is 18.3. The van der Waals surface area contributed by atoms with Crippen molar-refractivity contribution in [3.05, 3.63) is 58.1 Å². The van der Waals surface area contributed by atoms with Crippen molar-refractivity contribution in [3.63, 3.8) is 0 Å². The molecule has 28 heavy (non-hydrogen) atoms. The SMILES string of the molecule is CC(C)(c1ccc(OC[C@H](O)CO)cc1)c1ccc(OC[C@@H](O)CCl)c(Br)c1. The first-order chi connectivity index (χ1) is 13.3. The summed E-state index contributed by atoms with van der Waals surface area (Å²) in [5.74, 6) is 1.41. The van der Waals surface area contributed by atoms with Gasteiger partial charge in [0.2, 0.25) is 0 Å². The van der Waals surface area contributed by atoms with Crippen LogP contribution >= 0.6 is 27.5 Å². The summed E-state index contributed by atoms with van der Waals surface area (Å²) in [6, 6.07) is 13.5. The molecule has 0 bridgehead atoms. The maximum Gasteiger partial charge on any atom is 0.133 e. The molecule has 0 saturated carbocycles. The number of benzene rings is 2. The van der Waals surface area contributed by atoms with E-state index in [0.29, 0.717) is 11.5 Å². The first kappa shape index (κ1) is 23.0. The van der Waals surface area contributed by atoms with Crippen LogP contribution in [0, 0.1) is 0 Å². The highest BCUT2D eigenvalue weighted by Gasteiger charge is 2.24. The quantitative estimate of drug-likeness (QED) is 0.460. The van der Waals surface area contributed by atoms with Crippen LogP contribution in [-0.2, 0) is 5.41 Å². The van der Waals surface area contributed by atoms with E-state index in [1.54, 1.807) is 0 Å². The monoisotopic (exact) mass is 472 g/mol. The van der Waals surface area contributed by atoms with Crippen LogP contribution in [0.25, 0.3) is 0 Å². The third kappa shape index (κ3) is 6.09. The highest BCUT2D eigenvalue weighted by molar-refractivity contribution is 9.10. The minimum atomic E-state index is -0.889. The van der Waals surface area contributed by atoms with Crippen LogP contribution in [0.1, 0.15) is 25.0 Å². The molecule has 0 aliphatic carbocycles. The normalized spacial score (nSPS) is 13.8. The molecule has 0 aliphatic rings. The van der Waals surface area contributed by atoms with Crippen LogP contribution in [0.2, 0.25) is 0 Å². The van der Waals surface area contributed by atoms with Crippen molar-refractivity contribution in [2.75, 3.05) is 25.7 Å². The van der Waals surface area contributed by atoms with Crippen LogP contribution in [0.5, 0.6) is 11.5 Å². The van der Waals surface area contributed by atoms with E-state index in [4.69, 9.17) is 26.2 Å². The second kappa shape index (κ2) is 10.5. The molecule has 0 aromatic heterocycles. The lowest BCUT2D eigenvalue weighted by molar-refractivity contribution is 0.0536. The molecule has 7 heteroatoms. The molecular formula is C21H26BrClO5. The highest BCUT2D eigenvalue weighted by atomic mass is 79.9. The van der Waals surface area contributed by atoms with Gasteiger partial charge in [-0.05, 0) is 51.3 Å². The number of aliphatic hydroxyl groups is 3. The molecule has 2 aromatic carbocycles. The van der Waals surface area contributed by atoms with Gasteiger partial charge in [0.1, 0.15) is 36.9 Å². The molecular weight excluding hydrogens is 448 g/mol. The van der Waals surface area contributed by atoms with Gasteiger partial charge in [0, 0.05) is 5.41 Å². The zero-order chi connectivity index (χ0) is 20.7. The Morgan fingerprint density at radius 3 is 2.14 bits per heavy atom. The second-order valence-corrected chi connectivity index (χ2v) is 8.22. The molecule has 3 N–H and O–H groups in total. The van der Waals surface area contributed by atoms with Crippen LogP contribution in [0.3, 0.4) is 0 Å². The highest BCUT2D eigenvalue weighted by Crippen LogP contribution is 2.36. The van der Waals surface area contributed by atoms with E-state index in [2.05, 4.69) is 29.8 Å². The number of alkyl halides is 1. The van der Waals surface area contributed by atoms with Crippen LogP contribution in [0.15, 0.2) is 46.9 Å². The van der Waals surface area contributed by atoms with Crippen molar-refractivity contribution in [3.8, 4) is 11.5 Å². The molecule has 0 aliphatic heterocycles. The Hall–Kier alpha value is -1.31. The van der Waals surface area contributed by atoms with Gasteiger partial charge in [0.15, 0.2) is 0 Å². The Kier molecular flexibility index (Phi) is 8.58. The zero-order valence-electron chi connectivity index (χ0n) is 15.9. The average Bonchev–Trinajstić information content (AvgIpc) is 2.70. The first-order valence-electron chi connectivity index (χ1n) is 8.97. The van der Waals surface area contributed by atoms with E-state index in [-0.39, 0.29) is 31.1 Å². The molecule has 0 saturated heterocycles. The van der Waals surface area contributed by atoms with Gasteiger partial charge in [0.05, 0.1) is 17.0 Å². The van der Waals surface area contributed by atoms with Gasteiger partial charge in [-0.3, -0.25) is 0 Å². The van der Waals surface area contributed by atoms with E-state index < -0.39 is 12.2 Å². The van der Waals surface area contributed by atoms with E-state index in [1.165, 1.54) is 0 Å². The maximum atomic E-state index is 9.54. The lowest BCUT2D eigenvalue weighted by Gasteiger charge is -2.27. The summed E-state index contributed by atoms with van der Waals surface area (Å²) < 4.78 is 11.9. The van der Waals surface area contributed by atoms with E-state index >= 15 is 0 Å². The molecule has 0 amide bonds. The minimum Gasteiger partial charge on any atom is -0.491 e. The van der Waals surface area contributed by atoms with Crippen LogP contribution < -0.4 is 9.47 Å². The Bertz CT molecular complexity index is 751. The molecule has 0 radical (unpaired) electrons. The summed E-state index contributed by atoms with van der Waals surface area (Å²) in [6.45, 7) is 4.10. The number of aliphatic hydroxyl groups excluding tert-OH is 3. The molecule has 2 atom stereocenters. The third-order valence-electron chi connectivity index (χ3n) is 4.49. The van der Waals surface area contributed by atoms with Gasteiger partial charge in [-0.2, -0.15) is 0 Å². The van der Waals surface area contributed by atoms with Crippen molar-refractivity contribution >= 4 is 27.5 Å². The predicted molar refractivity (Wildman–Crippen MR) is 114 cm³/mol. The predicted octanol–water partition coefficient (Wildman–Crippen LogP) is 3.49. The summed E-state index contributed by atoms with van der Waals surface area (Å²) in [7, 11) is 0. The Morgan fingerprint density at radius 1 is 0.964 bits per heavy atom.